The average molecular weight is 296 g/mol. The highest BCUT2D eigenvalue weighted by atomic mass is 32.1. The lowest BCUT2D eigenvalue weighted by molar-refractivity contribution is 0.136. The molecule has 1 aromatic heterocycles. The van der Waals surface area contributed by atoms with Gasteiger partial charge in [-0.2, -0.15) is 0 Å². The van der Waals surface area contributed by atoms with Crippen molar-refractivity contribution in [2.24, 2.45) is 5.41 Å². The van der Waals surface area contributed by atoms with Gasteiger partial charge in [0.15, 0.2) is 0 Å². The second-order valence-electron chi connectivity index (χ2n) is 6.69. The molecule has 1 saturated heterocycles. The highest BCUT2D eigenvalue weighted by Gasteiger charge is 2.28. The van der Waals surface area contributed by atoms with Crippen LogP contribution < -0.4 is 5.32 Å². The maximum Gasteiger partial charge on any atom is 0.107 e. The highest BCUT2D eigenvalue weighted by Crippen LogP contribution is 2.29. The summed E-state index contributed by atoms with van der Waals surface area (Å²) < 4.78 is 0. The van der Waals surface area contributed by atoms with Crippen LogP contribution in [0.25, 0.3) is 0 Å². The van der Waals surface area contributed by atoms with Gasteiger partial charge in [-0.05, 0) is 52.5 Å². The lowest BCUT2D eigenvalue weighted by Crippen LogP contribution is -2.41. The van der Waals surface area contributed by atoms with Gasteiger partial charge < -0.3 is 15.1 Å². The molecule has 1 aliphatic heterocycles. The SMILES string of the molecule is CN(C)Cc1nc(CNCC2(C)CCN(C)CC2)cs1. The molecule has 0 aliphatic carbocycles. The highest BCUT2D eigenvalue weighted by molar-refractivity contribution is 7.09. The number of nitrogens with one attached hydrogen (secondary N) is 1. The van der Waals surface area contributed by atoms with E-state index in [0.29, 0.717) is 5.41 Å². The lowest BCUT2D eigenvalue weighted by atomic mass is 9.80. The molecule has 4 nitrogen and oxygen atoms in total. The van der Waals surface area contributed by atoms with Crippen LogP contribution >= 0.6 is 11.3 Å². The molecule has 2 rings (SSSR count). The number of rotatable bonds is 6. The van der Waals surface area contributed by atoms with E-state index in [1.54, 1.807) is 11.3 Å². The van der Waals surface area contributed by atoms with Gasteiger partial charge in [-0.3, -0.25) is 0 Å². The van der Waals surface area contributed by atoms with Crippen LogP contribution in [-0.4, -0.2) is 55.6 Å². The first kappa shape index (κ1) is 15.9. The van der Waals surface area contributed by atoms with E-state index in [-0.39, 0.29) is 0 Å². The maximum atomic E-state index is 4.67. The number of hydrogen-bond acceptors (Lipinski definition) is 5. The monoisotopic (exact) mass is 296 g/mol. The summed E-state index contributed by atoms with van der Waals surface area (Å²) in [5.74, 6) is 0. The number of aromatic nitrogens is 1. The summed E-state index contributed by atoms with van der Waals surface area (Å²) in [5.41, 5.74) is 1.64. The number of nitrogens with zero attached hydrogens (tertiary/aromatic N) is 3. The topological polar surface area (TPSA) is 31.4 Å². The molecule has 0 unspecified atom stereocenters. The first-order chi connectivity index (χ1) is 9.47. The largest absolute Gasteiger partial charge is 0.311 e. The van der Waals surface area contributed by atoms with Crippen LogP contribution in [-0.2, 0) is 13.1 Å². The molecule has 0 bridgehead atoms. The molecule has 0 saturated carbocycles. The van der Waals surface area contributed by atoms with Crippen LogP contribution in [0, 0.1) is 5.41 Å². The van der Waals surface area contributed by atoms with Crippen LogP contribution in [0.3, 0.4) is 0 Å². The molecule has 0 radical (unpaired) electrons. The van der Waals surface area contributed by atoms with E-state index in [4.69, 9.17) is 0 Å². The third kappa shape index (κ3) is 4.81. The molecule has 5 heteroatoms. The first-order valence-electron chi connectivity index (χ1n) is 7.44. The summed E-state index contributed by atoms with van der Waals surface area (Å²) in [4.78, 5) is 9.26. The van der Waals surface area contributed by atoms with Gasteiger partial charge in [-0.25, -0.2) is 4.98 Å². The van der Waals surface area contributed by atoms with Crippen molar-refractivity contribution < 1.29 is 0 Å². The fraction of sp³-hybridized carbons (Fsp3) is 0.800. The van der Waals surface area contributed by atoms with Crippen molar-refractivity contribution in [3.63, 3.8) is 0 Å². The smallest absolute Gasteiger partial charge is 0.107 e. The minimum Gasteiger partial charge on any atom is -0.311 e. The molecular weight excluding hydrogens is 268 g/mol. The Morgan fingerprint density at radius 1 is 1.40 bits per heavy atom. The number of hydrogen-bond donors (Lipinski definition) is 1. The Morgan fingerprint density at radius 3 is 2.75 bits per heavy atom. The van der Waals surface area contributed by atoms with Gasteiger partial charge in [0.1, 0.15) is 5.01 Å². The standard InChI is InChI=1S/C15H28N4S/c1-15(5-7-19(4)8-6-15)12-16-9-13-11-20-14(17-13)10-18(2)3/h11,16H,5-10,12H2,1-4H3. The van der Waals surface area contributed by atoms with Gasteiger partial charge in [-0.15, -0.1) is 11.3 Å². The summed E-state index contributed by atoms with van der Waals surface area (Å²) in [6, 6.07) is 0. The number of thiazole rings is 1. The Balaban J connectivity index is 1.74. The van der Waals surface area contributed by atoms with E-state index in [2.05, 4.69) is 53.5 Å². The molecule has 0 aromatic carbocycles. The van der Waals surface area contributed by atoms with E-state index >= 15 is 0 Å². The average Bonchev–Trinajstić information content (AvgIpc) is 2.80. The number of piperidine rings is 1. The molecule has 0 amide bonds. The molecule has 1 aliphatic rings. The summed E-state index contributed by atoms with van der Waals surface area (Å²) in [7, 11) is 6.38. The van der Waals surface area contributed by atoms with Crippen molar-refractivity contribution in [1.29, 1.82) is 0 Å². The maximum absolute atomic E-state index is 4.67. The summed E-state index contributed by atoms with van der Waals surface area (Å²) in [6.07, 6.45) is 2.58. The van der Waals surface area contributed by atoms with E-state index in [0.717, 1.165) is 19.6 Å². The fourth-order valence-corrected chi connectivity index (χ4v) is 3.51. The van der Waals surface area contributed by atoms with Gasteiger partial charge in [0.25, 0.3) is 0 Å². The van der Waals surface area contributed by atoms with Crippen LogP contribution in [0.5, 0.6) is 0 Å². The normalized spacial score (nSPS) is 19.6. The van der Waals surface area contributed by atoms with Gasteiger partial charge in [-0.1, -0.05) is 6.92 Å². The number of likely N-dealkylation sites (tertiary alicyclic amines) is 1. The zero-order chi connectivity index (χ0) is 14.6. The van der Waals surface area contributed by atoms with Crippen molar-refractivity contribution in [2.75, 3.05) is 40.8 Å². The molecule has 1 N–H and O–H groups in total. The second kappa shape index (κ2) is 6.98. The van der Waals surface area contributed by atoms with E-state index < -0.39 is 0 Å². The zero-order valence-electron chi connectivity index (χ0n) is 13.3. The Bertz CT molecular complexity index is 408. The molecule has 2 heterocycles. The van der Waals surface area contributed by atoms with Crippen LogP contribution in [0.4, 0.5) is 0 Å². The van der Waals surface area contributed by atoms with Crippen molar-refractivity contribution >= 4 is 11.3 Å². The van der Waals surface area contributed by atoms with Gasteiger partial charge >= 0.3 is 0 Å². The Kier molecular flexibility index (Phi) is 5.55. The Morgan fingerprint density at radius 2 is 2.10 bits per heavy atom. The molecular formula is C15H28N4S. The van der Waals surface area contributed by atoms with Crippen molar-refractivity contribution in [2.45, 2.75) is 32.9 Å². The predicted octanol–water partition coefficient (Wildman–Crippen LogP) is 2.03. The lowest BCUT2D eigenvalue weighted by Gasteiger charge is -2.38. The summed E-state index contributed by atoms with van der Waals surface area (Å²) >= 11 is 1.76. The van der Waals surface area contributed by atoms with E-state index in [1.165, 1.54) is 36.6 Å². The van der Waals surface area contributed by atoms with Crippen molar-refractivity contribution in [3.05, 3.63) is 16.1 Å². The molecule has 0 atom stereocenters. The predicted molar refractivity (Wildman–Crippen MR) is 86.0 cm³/mol. The molecule has 1 aromatic rings. The fourth-order valence-electron chi connectivity index (χ4n) is 2.60. The molecule has 114 valence electrons. The van der Waals surface area contributed by atoms with E-state index in [9.17, 15) is 0 Å². The minimum atomic E-state index is 0.453. The molecule has 1 fully saturated rings. The summed E-state index contributed by atoms with van der Waals surface area (Å²) in [5, 5.41) is 6.99. The minimum absolute atomic E-state index is 0.453. The van der Waals surface area contributed by atoms with Gasteiger partial charge in [0.05, 0.1) is 5.69 Å². The van der Waals surface area contributed by atoms with E-state index in [1.807, 2.05) is 0 Å². The molecule has 0 spiro atoms. The first-order valence-corrected chi connectivity index (χ1v) is 8.32. The van der Waals surface area contributed by atoms with Crippen LogP contribution in [0.15, 0.2) is 5.38 Å². The van der Waals surface area contributed by atoms with Crippen molar-refractivity contribution in [1.82, 2.24) is 20.1 Å². The van der Waals surface area contributed by atoms with Gasteiger partial charge in [0, 0.05) is 25.0 Å². The Labute approximate surface area is 127 Å². The quantitative estimate of drug-likeness (QED) is 0.870. The Hall–Kier alpha value is -0.490. The molecule has 20 heavy (non-hydrogen) atoms. The third-order valence-electron chi connectivity index (χ3n) is 4.10. The summed E-state index contributed by atoms with van der Waals surface area (Å²) in [6.45, 7) is 7.79. The second-order valence-corrected chi connectivity index (χ2v) is 7.63. The van der Waals surface area contributed by atoms with Crippen LogP contribution in [0.1, 0.15) is 30.5 Å². The van der Waals surface area contributed by atoms with Crippen LogP contribution in [0.2, 0.25) is 0 Å². The van der Waals surface area contributed by atoms with Gasteiger partial charge in [0.2, 0.25) is 0 Å². The zero-order valence-corrected chi connectivity index (χ0v) is 14.1. The van der Waals surface area contributed by atoms with Crippen molar-refractivity contribution in [3.8, 4) is 0 Å². The third-order valence-corrected chi connectivity index (χ3v) is 4.99.